The minimum atomic E-state index is -0.586. The molecule has 0 atom stereocenters. The number of carbonyl (C=O) groups is 2. The molecule has 8 heteroatoms. The van der Waals surface area contributed by atoms with E-state index in [1.807, 2.05) is 67.7 Å². The van der Waals surface area contributed by atoms with Crippen LogP contribution in [-0.2, 0) is 22.5 Å². The molecule has 0 spiro atoms. The van der Waals surface area contributed by atoms with Crippen LogP contribution >= 0.6 is 0 Å². The number of rotatable bonds is 8. The van der Waals surface area contributed by atoms with Crippen LogP contribution in [0, 0.1) is 0 Å². The Morgan fingerprint density at radius 2 is 1.86 bits per heavy atom. The van der Waals surface area contributed by atoms with Crippen molar-refractivity contribution in [3.05, 3.63) is 84.2 Å². The van der Waals surface area contributed by atoms with E-state index in [1.54, 1.807) is 16.9 Å². The van der Waals surface area contributed by atoms with E-state index in [2.05, 4.69) is 15.4 Å². The lowest BCUT2D eigenvalue weighted by Crippen LogP contribution is -2.30. The van der Waals surface area contributed by atoms with Gasteiger partial charge in [-0.25, -0.2) is 14.5 Å². The molecule has 0 saturated carbocycles. The average Bonchev–Trinajstić information content (AvgIpc) is 3.51. The van der Waals surface area contributed by atoms with E-state index in [0.717, 1.165) is 22.0 Å². The largest absolute Gasteiger partial charge is 0.452 e. The number of carbonyl (C=O) groups excluding carboxylic acids is 2. The Morgan fingerprint density at radius 1 is 1.06 bits per heavy atom. The summed E-state index contributed by atoms with van der Waals surface area (Å²) >= 11 is 0. The summed E-state index contributed by atoms with van der Waals surface area (Å²) in [6.45, 7) is 2.66. The molecule has 0 fully saturated rings. The SMILES string of the molecule is CCn1ncc2c(C(=O)OCC(=O)NCCc3c[nH]c4ccccc34)cc(-c3ccccc3)nc21. The van der Waals surface area contributed by atoms with Gasteiger partial charge < -0.3 is 15.0 Å². The Bertz CT molecular complexity index is 1500. The van der Waals surface area contributed by atoms with Gasteiger partial charge in [-0.15, -0.1) is 0 Å². The fourth-order valence-corrected chi connectivity index (χ4v) is 4.14. The van der Waals surface area contributed by atoms with Crippen molar-refractivity contribution < 1.29 is 14.3 Å². The second-order valence-corrected chi connectivity index (χ2v) is 8.15. The zero-order valence-corrected chi connectivity index (χ0v) is 19.3. The number of amides is 1. The molecule has 5 aromatic rings. The first-order valence-electron chi connectivity index (χ1n) is 11.5. The van der Waals surface area contributed by atoms with Gasteiger partial charge in [0.25, 0.3) is 5.91 Å². The number of nitrogens with zero attached hydrogens (tertiary/aromatic N) is 3. The number of ether oxygens (including phenoxy) is 1. The van der Waals surface area contributed by atoms with Gasteiger partial charge in [0, 0.05) is 35.8 Å². The molecule has 0 radical (unpaired) electrons. The molecule has 1 amide bonds. The Labute approximate surface area is 201 Å². The third-order valence-corrected chi connectivity index (χ3v) is 5.92. The number of para-hydroxylation sites is 1. The number of aromatic amines is 1. The minimum absolute atomic E-state index is 0.333. The van der Waals surface area contributed by atoms with E-state index in [0.29, 0.717) is 41.8 Å². The molecular formula is C27H25N5O3. The molecule has 0 aliphatic heterocycles. The molecule has 0 unspecified atom stereocenters. The predicted octanol–water partition coefficient (Wildman–Crippen LogP) is 4.12. The van der Waals surface area contributed by atoms with Crippen molar-refractivity contribution in [3.8, 4) is 11.3 Å². The smallest absolute Gasteiger partial charge is 0.339 e. The van der Waals surface area contributed by atoms with Gasteiger partial charge in [0.05, 0.1) is 22.8 Å². The Hall–Kier alpha value is -4.46. The molecule has 3 aromatic heterocycles. The summed E-state index contributed by atoms with van der Waals surface area (Å²) in [5, 5.41) is 8.89. The number of benzene rings is 2. The van der Waals surface area contributed by atoms with Crippen LogP contribution in [0.3, 0.4) is 0 Å². The van der Waals surface area contributed by atoms with Gasteiger partial charge in [-0.1, -0.05) is 48.5 Å². The standard InChI is InChI=1S/C27H25N5O3/c1-2-32-26-22(16-30-32)21(14-24(31-26)18-8-4-3-5-9-18)27(34)35-17-25(33)28-13-12-19-15-29-23-11-7-6-10-20(19)23/h3-11,14-16,29H,2,12-13,17H2,1H3,(H,28,33). The lowest BCUT2D eigenvalue weighted by Gasteiger charge is -2.09. The maximum atomic E-state index is 13.0. The van der Waals surface area contributed by atoms with Crippen LogP contribution < -0.4 is 5.32 Å². The van der Waals surface area contributed by atoms with Crippen LogP contribution in [0.25, 0.3) is 33.2 Å². The summed E-state index contributed by atoms with van der Waals surface area (Å²) in [5.41, 5.74) is 4.64. The maximum Gasteiger partial charge on any atom is 0.339 e. The molecule has 2 aromatic carbocycles. The zero-order chi connectivity index (χ0) is 24.2. The van der Waals surface area contributed by atoms with E-state index in [4.69, 9.17) is 9.72 Å². The van der Waals surface area contributed by atoms with Gasteiger partial charge in [-0.2, -0.15) is 5.10 Å². The highest BCUT2D eigenvalue weighted by molar-refractivity contribution is 6.04. The zero-order valence-electron chi connectivity index (χ0n) is 19.3. The van der Waals surface area contributed by atoms with Crippen LogP contribution in [0.1, 0.15) is 22.8 Å². The summed E-state index contributed by atoms with van der Waals surface area (Å²) in [7, 11) is 0. The lowest BCUT2D eigenvalue weighted by molar-refractivity contribution is -0.124. The van der Waals surface area contributed by atoms with Gasteiger partial charge in [-0.3, -0.25) is 4.79 Å². The summed E-state index contributed by atoms with van der Waals surface area (Å²) in [5.74, 6) is -0.937. The lowest BCUT2D eigenvalue weighted by atomic mass is 10.1. The van der Waals surface area contributed by atoms with Crippen LogP contribution in [0.15, 0.2) is 73.1 Å². The number of hydrogen-bond acceptors (Lipinski definition) is 5. The van der Waals surface area contributed by atoms with Crippen molar-refractivity contribution >= 4 is 33.8 Å². The molecule has 8 nitrogen and oxygen atoms in total. The van der Waals surface area contributed by atoms with Crippen molar-refractivity contribution in [2.75, 3.05) is 13.2 Å². The fourth-order valence-electron chi connectivity index (χ4n) is 4.14. The summed E-state index contributed by atoms with van der Waals surface area (Å²) in [6.07, 6.45) is 4.23. The second kappa shape index (κ2) is 9.80. The number of esters is 1. The highest BCUT2D eigenvalue weighted by atomic mass is 16.5. The summed E-state index contributed by atoms with van der Waals surface area (Å²) in [4.78, 5) is 33.3. The van der Waals surface area contributed by atoms with Crippen LogP contribution in [0.2, 0.25) is 0 Å². The van der Waals surface area contributed by atoms with Crippen LogP contribution in [0.4, 0.5) is 0 Å². The first-order chi connectivity index (χ1) is 17.1. The topological polar surface area (TPSA) is 102 Å². The quantitative estimate of drug-likeness (QED) is 0.334. The van der Waals surface area contributed by atoms with Crippen molar-refractivity contribution in [1.82, 2.24) is 25.1 Å². The maximum absolute atomic E-state index is 13.0. The third-order valence-electron chi connectivity index (χ3n) is 5.92. The normalized spacial score (nSPS) is 11.1. The molecule has 2 N–H and O–H groups in total. The Balaban J connectivity index is 1.26. The molecular weight excluding hydrogens is 442 g/mol. The van der Waals surface area contributed by atoms with Gasteiger partial charge in [0.15, 0.2) is 12.3 Å². The van der Waals surface area contributed by atoms with Crippen molar-refractivity contribution in [3.63, 3.8) is 0 Å². The number of aryl methyl sites for hydroxylation is 1. The number of nitrogens with one attached hydrogen (secondary N) is 2. The van der Waals surface area contributed by atoms with E-state index in [1.165, 1.54) is 0 Å². The summed E-state index contributed by atoms with van der Waals surface area (Å²) in [6, 6.07) is 19.3. The van der Waals surface area contributed by atoms with Gasteiger partial charge >= 0.3 is 5.97 Å². The van der Waals surface area contributed by atoms with Gasteiger partial charge in [0.2, 0.25) is 0 Å². The first kappa shape index (κ1) is 22.3. The molecule has 35 heavy (non-hydrogen) atoms. The molecule has 0 bridgehead atoms. The van der Waals surface area contributed by atoms with Gasteiger partial charge in [0.1, 0.15) is 0 Å². The Morgan fingerprint density at radius 3 is 2.69 bits per heavy atom. The molecule has 0 aliphatic carbocycles. The average molecular weight is 468 g/mol. The van der Waals surface area contributed by atoms with Crippen molar-refractivity contribution in [2.45, 2.75) is 19.9 Å². The minimum Gasteiger partial charge on any atom is -0.452 e. The molecule has 3 heterocycles. The molecule has 0 aliphatic rings. The molecule has 176 valence electrons. The fraction of sp³-hybridized carbons (Fsp3) is 0.185. The highest BCUT2D eigenvalue weighted by Gasteiger charge is 2.19. The third kappa shape index (κ3) is 4.63. The predicted molar refractivity (Wildman–Crippen MR) is 134 cm³/mol. The Kier molecular flexibility index (Phi) is 6.26. The van der Waals surface area contributed by atoms with E-state index < -0.39 is 5.97 Å². The van der Waals surface area contributed by atoms with Crippen LogP contribution in [0.5, 0.6) is 0 Å². The molecule has 5 rings (SSSR count). The number of pyridine rings is 1. The van der Waals surface area contributed by atoms with E-state index >= 15 is 0 Å². The number of H-pyrrole nitrogens is 1. The van der Waals surface area contributed by atoms with E-state index in [-0.39, 0.29) is 12.5 Å². The van der Waals surface area contributed by atoms with Crippen molar-refractivity contribution in [1.29, 1.82) is 0 Å². The molecule has 0 saturated heterocycles. The first-order valence-corrected chi connectivity index (χ1v) is 11.5. The summed E-state index contributed by atoms with van der Waals surface area (Å²) < 4.78 is 7.10. The van der Waals surface area contributed by atoms with Crippen LogP contribution in [-0.4, -0.2) is 44.8 Å². The number of fused-ring (bicyclic) bond motifs is 2. The van der Waals surface area contributed by atoms with Crippen molar-refractivity contribution in [2.24, 2.45) is 0 Å². The number of aromatic nitrogens is 4. The second-order valence-electron chi connectivity index (χ2n) is 8.15. The van der Waals surface area contributed by atoms with Gasteiger partial charge in [-0.05, 0) is 31.0 Å². The monoisotopic (exact) mass is 467 g/mol. The van der Waals surface area contributed by atoms with E-state index in [9.17, 15) is 9.59 Å². The number of hydrogen-bond donors (Lipinski definition) is 2. The highest BCUT2D eigenvalue weighted by Crippen LogP contribution is 2.25.